The zero-order chi connectivity index (χ0) is 16.2. The van der Waals surface area contributed by atoms with Gasteiger partial charge >= 0.3 is 5.97 Å². The van der Waals surface area contributed by atoms with Crippen molar-refractivity contribution in [3.63, 3.8) is 0 Å². The Morgan fingerprint density at radius 1 is 1.23 bits per heavy atom. The lowest BCUT2D eigenvalue weighted by Gasteiger charge is -2.12. The van der Waals surface area contributed by atoms with Crippen LogP contribution in [0.4, 0.5) is 0 Å². The maximum absolute atomic E-state index is 11.1. The van der Waals surface area contributed by atoms with E-state index in [4.69, 9.17) is 4.74 Å². The van der Waals surface area contributed by atoms with Crippen molar-refractivity contribution in [1.82, 2.24) is 10.6 Å². The largest absolute Gasteiger partial charge is 0.496 e. The second-order valence-corrected chi connectivity index (χ2v) is 4.58. The van der Waals surface area contributed by atoms with E-state index in [9.17, 15) is 4.79 Å². The Labute approximate surface area is 131 Å². The molecule has 6 nitrogen and oxygen atoms in total. The number of hydrogen-bond acceptors (Lipinski definition) is 4. The number of rotatable bonds is 8. The van der Waals surface area contributed by atoms with Crippen LogP contribution in [0, 0.1) is 0 Å². The molecule has 1 aromatic rings. The van der Waals surface area contributed by atoms with E-state index in [0.29, 0.717) is 12.5 Å². The van der Waals surface area contributed by atoms with Crippen LogP contribution in [0.1, 0.15) is 18.9 Å². The van der Waals surface area contributed by atoms with Crippen LogP contribution in [-0.2, 0) is 16.0 Å². The number of guanidine groups is 1. The van der Waals surface area contributed by atoms with Crippen molar-refractivity contribution in [3.05, 3.63) is 29.8 Å². The smallest absolute Gasteiger partial charge is 0.307 e. The molecule has 0 saturated heterocycles. The fourth-order valence-corrected chi connectivity index (χ4v) is 1.93. The van der Waals surface area contributed by atoms with Gasteiger partial charge in [0.2, 0.25) is 0 Å². The van der Waals surface area contributed by atoms with E-state index in [2.05, 4.69) is 20.4 Å². The fourth-order valence-electron chi connectivity index (χ4n) is 1.93. The predicted molar refractivity (Wildman–Crippen MR) is 87.3 cm³/mol. The minimum atomic E-state index is -0.256. The molecule has 1 aromatic carbocycles. The lowest BCUT2D eigenvalue weighted by Crippen LogP contribution is -2.38. The maximum Gasteiger partial charge on any atom is 0.307 e. The van der Waals surface area contributed by atoms with Crippen LogP contribution in [-0.4, -0.2) is 45.8 Å². The standard InChI is InChI=1S/C16H25N3O3/c1-4-17-16(19-12-10-15(20)22-3)18-11-9-13-7-5-6-8-14(13)21-2/h5-8H,4,9-12H2,1-3H3,(H2,17,18,19). The summed E-state index contributed by atoms with van der Waals surface area (Å²) in [5, 5.41) is 6.39. The number of aliphatic imine (C=N–C) groups is 1. The second kappa shape index (κ2) is 10.5. The Balaban J connectivity index is 2.46. The third-order valence-corrected chi connectivity index (χ3v) is 3.04. The van der Waals surface area contributed by atoms with E-state index in [-0.39, 0.29) is 12.4 Å². The normalized spacial score (nSPS) is 11.0. The molecule has 0 aliphatic heterocycles. The summed E-state index contributed by atoms with van der Waals surface area (Å²) >= 11 is 0. The molecule has 22 heavy (non-hydrogen) atoms. The molecule has 122 valence electrons. The molecule has 0 atom stereocenters. The minimum absolute atomic E-state index is 0.256. The van der Waals surface area contributed by atoms with Crippen LogP contribution in [0.2, 0.25) is 0 Å². The van der Waals surface area contributed by atoms with Gasteiger partial charge in [-0.05, 0) is 25.0 Å². The van der Waals surface area contributed by atoms with E-state index < -0.39 is 0 Å². The molecular formula is C16H25N3O3. The van der Waals surface area contributed by atoms with Gasteiger partial charge in [-0.2, -0.15) is 0 Å². The summed E-state index contributed by atoms with van der Waals surface area (Å²) in [6.45, 7) is 3.89. The summed E-state index contributed by atoms with van der Waals surface area (Å²) in [4.78, 5) is 15.4. The highest BCUT2D eigenvalue weighted by Gasteiger charge is 2.03. The number of carbonyl (C=O) groups is 1. The Hall–Kier alpha value is -2.24. The molecule has 0 aliphatic carbocycles. The molecule has 0 radical (unpaired) electrons. The van der Waals surface area contributed by atoms with Gasteiger partial charge in [0.15, 0.2) is 5.96 Å². The number of esters is 1. The zero-order valence-electron chi connectivity index (χ0n) is 13.5. The predicted octanol–water partition coefficient (Wildman–Crippen LogP) is 1.36. The molecule has 0 aromatic heterocycles. The third-order valence-electron chi connectivity index (χ3n) is 3.04. The summed E-state index contributed by atoms with van der Waals surface area (Å²) in [6, 6.07) is 7.94. The number of hydrogen-bond donors (Lipinski definition) is 2. The molecule has 0 saturated carbocycles. The second-order valence-electron chi connectivity index (χ2n) is 4.58. The molecule has 0 amide bonds. The van der Waals surface area contributed by atoms with E-state index in [0.717, 1.165) is 30.8 Å². The molecule has 0 heterocycles. The average Bonchev–Trinajstić information content (AvgIpc) is 2.55. The number of carbonyl (C=O) groups excluding carboxylic acids is 1. The summed E-state index contributed by atoms with van der Waals surface area (Å²) in [7, 11) is 3.05. The van der Waals surface area contributed by atoms with Crippen molar-refractivity contribution >= 4 is 11.9 Å². The third kappa shape index (κ3) is 6.47. The number of ether oxygens (including phenoxy) is 2. The van der Waals surface area contributed by atoms with Crippen molar-refractivity contribution in [1.29, 1.82) is 0 Å². The van der Waals surface area contributed by atoms with Crippen molar-refractivity contribution in [3.8, 4) is 5.75 Å². The Bertz CT molecular complexity index is 489. The molecule has 0 aliphatic rings. The maximum atomic E-state index is 11.1. The summed E-state index contributed by atoms with van der Waals surface area (Å²) in [5.74, 6) is 1.33. The lowest BCUT2D eigenvalue weighted by molar-refractivity contribution is -0.140. The number of methoxy groups -OCH3 is 2. The van der Waals surface area contributed by atoms with Crippen LogP contribution in [0.3, 0.4) is 0 Å². The van der Waals surface area contributed by atoms with Crippen LogP contribution >= 0.6 is 0 Å². The number of nitrogens with one attached hydrogen (secondary N) is 2. The first kappa shape index (κ1) is 17.8. The Morgan fingerprint density at radius 2 is 2.00 bits per heavy atom. The molecule has 6 heteroatoms. The van der Waals surface area contributed by atoms with E-state index in [1.165, 1.54) is 7.11 Å². The van der Waals surface area contributed by atoms with Gasteiger partial charge in [0.25, 0.3) is 0 Å². The van der Waals surface area contributed by atoms with Crippen LogP contribution in [0.15, 0.2) is 29.3 Å². The monoisotopic (exact) mass is 307 g/mol. The molecule has 1 rings (SSSR count). The summed E-state index contributed by atoms with van der Waals surface area (Å²) < 4.78 is 9.92. The lowest BCUT2D eigenvalue weighted by atomic mass is 10.1. The van der Waals surface area contributed by atoms with E-state index in [1.54, 1.807) is 7.11 Å². The molecule has 0 spiro atoms. The van der Waals surface area contributed by atoms with Crippen molar-refractivity contribution in [2.24, 2.45) is 4.99 Å². The number of nitrogens with zero attached hydrogens (tertiary/aromatic N) is 1. The SMILES string of the molecule is CCNC(=NCCC(=O)OC)NCCc1ccccc1OC. The van der Waals surface area contributed by atoms with Gasteiger partial charge in [-0.1, -0.05) is 18.2 Å². The van der Waals surface area contributed by atoms with Crippen LogP contribution in [0.5, 0.6) is 5.75 Å². The highest BCUT2D eigenvalue weighted by Crippen LogP contribution is 2.17. The number of para-hydroxylation sites is 1. The van der Waals surface area contributed by atoms with Crippen LogP contribution in [0.25, 0.3) is 0 Å². The number of benzene rings is 1. The topological polar surface area (TPSA) is 72.0 Å². The first-order valence-corrected chi connectivity index (χ1v) is 7.42. The van der Waals surface area contributed by atoms with Gasteiger partial charge in [-0.15, -0.1) is 0 Å². The van der Waals surface area contributed by atoms with Gasteiger partial charge in [0.05, 0.1) is 27.2 Å². The average molecular weight is 307 g/mol. The zero-order valence-corrected chi connectivity index (χ0v) is 13.5. The molecule has 0 bridgehead atoms. The minimum Gasteiger partial charge on any atom is -0.496 e. The van der Waals surface area contributed by atoms with Crippen LogP contribution < -0.4 is 15.4 Å². The highest BCUT2D eigenvalue weighted by molar-refractivity contribution is 5.80. The van der Waals surface area contributed by atoms with Gasteiger partial charge < -0.3 is 20.1 Å². The fraction of sp³-hybridized carbons (Fsp3) is 0.500. The van der Waals surface area contributed by atoms with Gasteiger partial charge in [-0.3, -0.25) is 9.79 Å². The summed E-state index contributed by atoms with van der Waals surface area (Å²) in [6.07, 6.45) is 1.10. The first-order chi connectivity index (χ1) is 10.7. The Morgan fingerprint density at radius 3 is 2.68 bits per heavy atom. The van der Waals surface area contributed by atoms with Crippen molar-refractivity contribution in [2.75, 3.05) is 33.9 Å². The van der Waals surface area contributed by atoms with E-state index >= 15 is 0 Å². The van der Waals surface area contributed by atoms with Crippen molar-refractivity contribution < 1.29 is 14.3 Å². The van der Waals surface area contributed by atoms with Gasteiger partial charge in [0, 0.05) is 13.1 Å². The Kier molecular flexibility index (Phi) is 8.49. The van der Waals surface area contributed by atoms with Gasteiger partial charge in [-0.25, -0.2) is 0 Å². The molecule has 2 N–H and O–H groups in total. The quantitative estimate of drug-likeness (QED) is 0.431. The highest BCUT2D eigenvalue weighted by atomic mass is 16.5. The first-order valence-electron chi connectivity index (χ1n) is 7.42. The molecule has 0 unspecified atom stereocenters. The van der Waals surface area contributed by atoms with Gasteiger partial charge in [0.1, 0.15) is 5.75 Å². The van der Waals surface area contributed by atoms with Crippen molar-refractivity contribution in [2.45, 2.75) is 19.8 Å². The van der Waals surface area contributed by atoms with E-state index in [1.807, 2.05) is 31.2 Å². The summed E-state index contributed by atoms with van der Waals surface area (Å²) in [5.41, 5.74) is 1.14. The molecular weight excluding hydrogens is 282 g/mol. The molecule has 0 fully saturated rings.